The molecule has 0 saturated heterocycles. The van der Waals surface area contributed by atoms with Crippen LogP contribution in [0.2, 0.25) is 5.02 Å². The standard InChI is InChI=1S/C14H12ClFN/c1-10-4-2-3-5-14(10)17-9-11-6-7-12(15)13(16)8-11/h2-8,17H,1,9H2. The Labute approximate surface area is 105 Å². The number of hydrogen-bond donors (Lipinski definition) is 1. The van der Waals surface area contributed by atoms with E-state index in [0.717, 1.165) is 16.8 Å². The maximum Gasteiger partial charge on any atom is 0.142 e. The lowest BCUT2D eigenvalue weighted by atomic mass is 10.2. The molecule has 0 unspecified atom stereocenters. The number of para-hydroxylation sites is 1. The van der Waals surface area contributed by atoms with Crippen LogP contribution in [0.5, 0.6) is 0 Å². The Kier molecular flexibility index (Phi) is 3.64. The summed E-state index contributed by atoms with van der Waals surface area (Å²) >= 11 is 5.62. The third-order valence-electron chi connectivity index (χ3n) is 2.48. The van der Waals surface area contributed by atoms with Crippen molar-refractivity contribution in [3.05, 3.63) is 71.4 Å². The third kappa shape index (κ3) is 2.98. The van der Waals surface area contributed by atoms with Crippen LogP contribution in [-0.4, -0.2) is 0 Å². The molecular weight excluding hydrogens is 237 g/mol. The molecule has 0 aromatic heterocycles. The maximum absolute atomic E-state index is 13.2. The molecule has 0 aliphatic carbocycles. The van der Waals surface area contributed by atoms with E-state index in [1.54, 1.807) is 12.1 Å². The van der Waals surface area contributed by atoms with Crippen LogP contribution < -0.4 is 5.32 Å². The van der Waals surface area contributed by atoms with Crippen molar-refractivity contribution >= 4 is 17.3 Å². The molecule has 2 rings (SSSR count). The first kappa shape index (κ1) is 11.9. The molecule has 0 saturated carbocycles. The zero-order valence-corrected chi connectivity index (χ0v) is 9.97. The topological polar surface area (TPSA) is 12.0 Å². The van der Waals surface area contributed by atoms with Gasteiger partial charge in [-0.3, -0.25) is 0 Å². The second-order valence-electron chi connectivity index (χ2n) is 3.76. The zero-order valence-electron chi connectivity index (χ0n) is 9.21. The highest BCUT2D eigenvalue weighted by Crippen LogP contribution is 2.18. The predicted molar refractivity (Wildman–Crippen MR) is 69.6 cm³/mol. The van der Waals surface area contributed by atoms with Crippen molar-refractivity contribution in [2.24, 2.45) is 0 Å². The molecule has 0 fully saturated rings. The van der Waals surface area contributed by atoms with Gasteiger partial charge in [-0.1, -0.05) is 35.9 Å². The number of rotatable bonds is 3. The Bertz CT molecular complexity index is 525. The summed E-state index contributed by atoms with van der Waals surface area (Å²) in [7, 11) is 0. The van der Waals surface area contributed by atoms with Crippen LogP contribution in [0, 0.1) is 12.7 Å². The van der Waals surface area contributed by atoms with Crippen molar-refractivity contribution in [1.82, 2.24) is 0 Å². The maximum atomic E-state index is 13.2. The fourth-order valence-electron chi connectivity index (χ4n) is 1.54. The number of nitrogens with one attached hydrogen (secondary N) is 1. The molecule has 2 aromatic rings. The molecule has 0 spiro atoms. The quantitative estimate of drug-likeness (QED) is 0.855. The summed E-state index contributed by atoms with van der Waals surface area (Å²) in [5, 5.41) is 3.35. The first-order valence-electron chi connectivity index (χ1n) is 5.25. The van der Waals surface area contributed by atoms with Gasteiger partial charge in [0.2, 0.25) is 0 Å². The Morgan fingerprint density at radius 3 is 2.65 bits per heavy atom. The average Bonchev–Trinajstić information content (AvgIpc) is 2.32. The van der Waals surface area contributed by atoms with Gasteiger partial charge in [-0.2, -0.15) is 0 Å². The summed E-state index contributed by atoms with van der Waals surface area (Å²) in [6, 6.07) is 12.5. The van der Waals surface area contributed by atoms with Gasteiger partial charge in [-0.05, 0) is 36.2 Å². The molecule has 0 aliphatic heterocycles. The van der Waals surface area contributed by atoms with E-state index in [1.165, 1.54) is 6.07 Å². The summed E-state index contributed by atoms with van der Waals surface area (Å²) in [6.45, 7) is 4.45. The van der Waals surface area contributed by atoms with Crippen molar-refractivity contribution in [2.75, 3.05) is 5.32 Å². The zero-order chi connectivity index (χ0) is 12.3. The van der Waals surface area contributed by atoms with E-state index in [2.05, 4.69) is 12.2 Å². The van der Waals surface area contributed by atoms with Crippen LogP contribution >= 0.6 is 11.6 Å². The predicted octanol–water partition coefficient (Wildman–Crippen LogP) is 4.27. The van der Waals surface area contributed by atoms with Crippen molar-refractivity contribution < 1.29 is 4.39 Å². The fourth-order valence-corrected chi connectivity index (χ4v) is 1.66. The number of anilines is 1. The largest absolute Gasteiger partial charge is 0.381 e. The minimum atomic E-state index is -0.395. The first-order chi connectivity index (χ1) is 8.16. The molecule has 0 bridgehead atoms. The van der Waals surface area contributed by atoms with Gasteiger partial charge in [0.1, 0.15) is 5.82 Å². The number of halogens is 2. The molecule has 0 aliphatic rings. The lowest BCUT2D eigenvalue weighted by Gasteiger charge is -2.09. The lowest BCUT2D eigenvalue weighted by Crippen LogP contribution is -2.01. The SMILES string of the molecule is [CH2]c1ccccc1NCc1ccc(Cl)c(F)c1. The van der Waals surface area contributed by atoms with E-state index >= 15 is 0 Å². The molecule has 1 radical (unpaired) electrons. The van der Waals surface area contributed by atoms with Crippen LogP contribution in [-0.2, 0) is 6.54 Å². The molecule has 0 heterocycles. The van der Waals surface area contributed by atoms with Crippen LogP contribution in [0.15, 0.2) is 42.5 Å². The van der Waals surface area contributed by atoms with Gasteiger partial charge < -0.3 is 5.32 Å². The Hall–Kier alpha value is -1.54. The second kappa shape index (κ2) is 5.19. The van der Waals surface area contributed by atoms with Crippen LogP contribution in [0.4, 0.5) is 10.1 Å². The summed E-state index contributed by atoms with van der Waals surface area (Å²) in [5.74, 6) is -0.395. The summed E-state index contributed by atoms with van der Waals surface area (Å²) < 4.78 is 13.2. The van der Waals surface area contributed by atoms with E-state index in [9.17, 15) is 4.39 Å². The minimum Gasteiger partial charge on any atom is -0.381 e. The highest BCUT2D eigenvalue weighted by molar-refractivity contribution is 6.30. The van der Waals surface area contributed by atoms with E-state index in [4.69, 9.17) is 11.6 Å². The molecule has 1 N–H and O–H groups in total. The normalized spacial score (nSPS) is 10.3. The second-order valence-corrected chi connectivity index (χ2v) is 4.17. The van der Waals surface area contributed by atoms with E-state index in [0.29, 0.717) is 6.54 Å². The molecular formula is C14H12ClFN. The molecule has 0 atom stereocenters. The monoisotopic (exact) mass is 248 g/mol. The molecule has 3 heteroatoms. The van der Waals surface area contributed by atoms with Crippen molar-refractivity contribution in [2.45, 2.75) is 6.54 Å². The Balaban J connectivity index is 2.08. The average molecular weight is 249 g/mol. The number of benzene rings is 2. The highest BCUT2D eigenvalue weighted by Gasteiger charge is 2.01. The van der Waals surface area contributed by atoms with Crippen LogP contribution in [0.1, 0.15) is 11.1 Å². The molecule has 87 valence electrons. The van der Waals surface area contributed by atoms with Gasteiger partial charge in [-0.25, -0.2) is 4.39 Å². The molecule has 0 amide bonds. The van der Waals surface area contributed by atoms with E-state index in [1.807, 2.05) is 24.3 Å². The third-order valence-corrected chi connectivity index (χ3v) is 2.79. The smallest absolute Gasteiger partial charge is 0.142 e. The van der Waals surface area contributed by atoms with Gasteiger partial charge in [0, 0.05) is 12.2 Å². The highest BCUT2D eigenvalue weighted by atomic mass is 35.5. The minimum absolute atomic E-state index is 0.145. The van der Waals surface area contributed by atoms with Crippen LogP contribution in [0.3, 0.4) is 0 Å². The summed E-state index contributed by atoms with van der Waals surface area (Å²) in [5.41, 5.74) is 2.71. The van der Waals surface area contributed by atoms with Crippen molar-refractivity contribution in [1.29, 1.82) is 0 Å². The van der Waals surface area contributed by atoms with Gasteiger partial charge in [0.05, 0.1) is 5.02 Å². The van der Waals surface area contributed by atoms with Crippen molar-refractivity contribution in [3.63, 3.8) is 0 Å². The van der Waals surface area contributed by atoms with E-state index < -0.39 is 5.82 Å². The molecule has 17 heavy (non-hydrogen) atoms. The van der Waals surface area contributed by atoms with Gasteiger partial charge in [0.25, 0.3) is 0 Å². The van der Waals surface area contributed by atoms with E-state index in [-0.39, 0.29) is 5.02 Å². The lowest BCUT2D eigenvalue weighted by molar-refractivity contribution is 0.626. The van der Waals surface area contributed by atoms with Crippen molar-refractivity contribution in [3.8, 4) is 0 Å². The van der Waals surface area contributed by atoms with Gasteiger partial charge in [0.15, 0.2) is 0 Å². The van der Waals surface area contributed by atoms with Crippen LogP contribution in [0.25, 0.3) is 0 Å². The first-order valence-corrected chi connectivity index (χ1v) is 5.63. The van der Waals surface area contributed by atoms with Gasteiger partial charge in [-0.15, -0.1) is 0 Å². The van der Waals surface area contributed by atoms with Gasteiger partial charge >= 0.3 is 0 Å². The molecule has 1 nitrogen and oxygen atoms in total. The fraction of sp³-hybridized carbons (Fsp3) is 0.0714. The summed E-state index contributed by atoms with van der Waals surface area (Å²) in [6.07, 6.45) is 0. The summed E-state index contributed by atoms with van der Waals surface area (Å²) in [4.78, 5) is 0. The molecule has 2 aromatic carbocycles. The Morgan fingerprint density at radius 1 is 1.18 bits per heavy atom. The number of hydrogen-bond acceptors (Lipinski definition) is 1. The Morgan fingerprint density at radius 2 is 1.94 bits per heavy atom.